The Morgan fingerprint density at radius 3 is 2.62 bits per heavy atom. The number of nitrogens with one attached hydrogen (secondary N) is 1. The molecule has 0 unspecified atom stereocenters. The summed E-state index contributed by atoms with van der Waals surface area (Å²) in [7, 11) is 2.90. The number of aromatic nitrogens is 2. The van der Waals surface area contributed by atoms with Crippen molar-refractivity contribution in [2.75, 3.05) is 7.11 Å². The zero-order chi connectivity index (χ0) is 19.4. The summed E-state index contributed by atoms with van der Waals surface area (Å²) in [4.78, 5) is 12.1. The molecule has 0 spiro atoms. The molecule has 2 aromatic rings. The van der Waals surface area contributed by atoms with Gasteiger partial charge in [-0.15, -0.1) is 0 Å². The summed E-state index contributed by atoms with van der Waals surface area (Å²) in [5.74, 6) is -0.314. The second-order valence-corrected chi connectivity index (χ2v) is 6.34. The van der Waals surface area contributed by atoms with Gasteiger partial charge < -0.3 is 14.8 Å². The van der Waals surface area contributed by atoms with Crippen LogP contribution in [0.1, 0.15) is 30.7 Å². The van der Waals surface area contributed by atoms with Gasteiger partial charge in [-0.25, -0.2) is 13.6 Å². The van der Waals surface area contributed by atoms with E-state index < -0.39 is 30.4 Å². The highest BCUT2D eigenvalue weighted by Gasteiger charge is 2.26. The van der Waals surface area contributed by atoms with Crippen LogP contribution in [0, 0.1) is 0 Å². The molecule has 0 radical (unpaired) electrons. The first-order valence-corrected chi connectivity index (χ1v) is 8.26. The molecule has 0 bridgehead atoms. The Kier molecular flexibility index (Phi) is 6.80. The fraction of sp³-hybridized carbons (Fsp3) is 0.375. The summed E-state index contributed by atoms with van der Waals surface area (Å²) in [6.45, 7) is 1.66. The highest BCUT2D eigenvalue weighted by molar-refractivity contribution is 6.35. The number of rotatable bonds is 6. The molecule has 0 aliphatic carbocycles. The largest absolute Gasteiger partial charge is 0.413 e. The average molecular weight is 408 g/mol. The van der Waals surface area contributed by atoms with Crippen molar-refractivity contribution in [1.82, 2.24) is 15.1 Å². The van der Waals surface area contributed by atoms with Crippen molar-refractivity contribution < 1.29 is 23.0 Å². The van der Waals surface area contributed by atoms with Crippen molar-refractivity contribution in [3.63, 3.8) is 0 Å². The second kappa shape index (κ2) is 8.66. The van der Waals surface area contributed by atoms with Crippen molar-refractivity contribution in [2.24, 2.45) is 7.05 Å². The monoisotopic (exact) mass is 407 g/mol. The predicted molar refractivity (Wildman–Crippen MR) is 93.0 cm³/mol. The quantitative estimate of drug-likeness (QED) is 0.763. The van der Waals surface area contributed by atoms with E-state index in [1.807, 2.05) is 0 Å². The van der Waals surface area contributed by atoms with Crippen LogP contribution in [-0.2, 0) is 11.8 Å². The van der Waals surface area contributed by atoms with Gasteiger partial charge in [0.1, 0.15) is 6.10 Å². The Bertz CT molecular complexity index is 786. The zero-order valence-electron chi connectivity index (χ0n) is 14.2. The second-order valence-electron chi connectivity index (χ2n) is 5.50. The molecule has 0 saturated carbocycles. The summed E-state index contributed by atoms with van der Waals surface area (Å²) >= 11 is 12.0. The molecule has 1 aromatic heterocycles. The summed E-state index contributed by atoms with van der Waals surface area (Å²) < 4.78 is 37.3. The van der Waals surface area contributed by atoms with Crippen LogP contribution in [0.2, 0.25) is 10.0 Å². The van der Waals surface area contributed by atoms with Gasteiger partial charge in [0, 0.05) is 29.8 Å². The van der Waals surface area contributed by atoms with Crippen LogP contribution in [-0.4, -0.2) is 29.0 Å². The van der Waals surface area contributed by atoms with Gasteiger partial charge in [-0.05, 0) is 19.1 Å². The van der Waals surface area contributed by atoms with Gasteiger partial charge in [-0.1, -0.05) is 29.3 Å². The maximum atomic E-state index is 12.9. The van der Waals surface area contributed by atoms with E-state index in [0.717, 1.165) is 4.68 Å². The first-order valence-electron chi connectivity index (χ1n) is 7.50. The number of ether oxygens (including phenoxy) is 2. The van der Waals surface area contributed by atoms with Gasteiger partial charge in [0.25, 0.3) is 6.43 Å². The first kappa shape index (κ1) is 20.4. The smallest absolute Gasteiger partial charge is 0.406 e. The van der Waals surface area contributed by atoms with E-state index in [4.69, 9.17) is 32.7 Å². The number of amides is 1. The summed E-state index contributed by atoms with van der Waals surface area (Å²) in [5.41, 5.74) is 0.000328. The van der Waals surface area contributed by atoms with Crippen molar-refractivity contribution >= 4 is 29.3 Å². The fourth-order valence-corrected chi connectivity index (χ4v) is 2.95. The number of alkyl halides is 2. The van der Waals surface area contributed by atoms with Crippen molar-refractivity contribution in [3.05, 3.63) is 45.7 Å². The van der Waals surface area contributed by atoms with Crippen LogP contribution in [0.25, 0.3) is 0 Å². The molecule has 0 aliphatic heterocycles. The lowest BCUT2D eigenvalue weighted by Gasteiger charge is -2.24. The van der Waals surface area contributed by atoms with Crippen LogP contribution in [0.3, 0.4) is 0 Å². The summed E-state index contributed by atoms with van der Waals surface area (Å²) in [6, 6.07) is 4.31. The molecule has 142 valence electrons. The van der Waals surface area contributed by atoms with E-state index >= 15 is 0 Å². The fourth-order valence-electron chi connectivity index (χ4n) is 2.44. The highest BCUT2D eigenvalue weighted by atomic mass is 35.5. The Morgan fingerprint density at radius 2 is 2.04 bits per heavy atom. The SMILES string of the molecule is CO[C@@H](c1ccc(Cl)cc1Cl)[C@@H](C)NC(=O)Oc1cn(C)nc1C(F)F. The van der Waals surface area contributed by atoms with Crippen LogP contribution < -0.4 is 10.1 Å². The molecule has 6 nitrogen and oxygen atoms in total. The number of carbonyl (C=O) groups is 1. The minimum atomic E-state index is -2.86. The predicted octanol–water partition coefficient (Wildman–Crippen LogP) is 4.53. The highest BCUT2D eigenvalue weighted by Crippen LogP contribution is 2.31. The van der Waals surface area contributed by atoms with Gasteiger partial charge in [-0.2, -0.15) is 5.10 Å². The van der Waals surface area contributed by atoms with Gasteiger partial charge in [-0.3, -0.25) is 4.68 Å². The maximum absolute atomic E-state index is 12.9. The molecule has 26 heavy (non-hydrogen) atoms. The molecule has 1 aromatic carbocycles. The van der Waals surface area contributed by atoms with Crippen molar-refractivity contribution in [1.29, 1.82) is 0 Å². The summed E-state index contributed by atoms with van der Waals surface area (Å²) in [6.07, 6.45) is -3.19. The van der Waals surface area contributed by atoms with Gasteiger partial charge >= 0.3 is 6.09 Å². The normalized spacial score (nSPS) is 13.5. The minimum absolute atomic E-state index is 0.314. The number of aryl methyl sites for hydroxylation is 1. The Morgan fingerprint density at radius 1 is 1.35 bits per heavy atom. The number of nitrogens with zero attached hydrogens (tertiary/aromatic N) is 2. The van der Waals surface area contributed by atoms with E-state index in [1.165, 1.54) is 20.4 Å². The van der Waals surface area contributed by atoms with Crippen molar-refractivity contribution in [2.45, 2.75) is 25.5 Å². The molecule has 2 atom stereocenters. The number of benzene rings is 1. The molecule has 1 heterocycles. The van der Waals surface area contributed by atoms with Gasteiger partial charge in [0.05, 0.1) is 12.2 Å². The third-order valence-electron chi connectivity index (χ3n) is 3.55. The molecule has 2 rings (SSSR count). The van der Waals surface area contributed by atoms with Gasteiger partial charge in [0.15, 0.2) is 11.4 Å². The lowest BCUT2D eigenvalue weighted by molar-refractivity contribution is 0.0730. The lowest BCUT2D eigenvalue weighted by Crippen LogP contribution is -2.39. The molecule has 1 N–H and O–H groups in total. The number of methoxy groups -OCH3 is 1. The standard InChI is InChI=1S/C16H17Cl2F2N3O3/c1-8(14(25-3)10-5-4-9(17)6-11(10)18)21-16(24)26-12-7-23(2)22-13(12)15(19)20/h4-8,14-15H,1-3H3,(H,21,24)/t8-,14-/m1/s1. The Labute approximate surface area is 159 Å². The average Bonchev–Trinajstić information content (AvgIpc) is 2.90. The first-order chi connectivity index (χ1) is 12.2. The van der Waals surface area contributed by atoms with Crippen LogP contribution in [0.4, 0.5) is 13.6 Å². The molecular weight excluding hydrogens is 391 g/mol. The molecule has 0 saturated heterocycles. The summed E-state index contributed by atoms with van der Waals surface area (Å²) in [5, 5.41) is 6.94. The van der Waals surface area contributed by atoms with E-state index in [-0.39, 0.29) is 5.75 Å². The van der Waals surface area contributed by atoms with E-state index in [9.17, 15) is 13.6 Å². The third kappa shape index (κ3) is 4.84. The molecular formula is C16H17Cl2F2N3O3. The molecule has 0 fully saturated rings. The maximum Gasteiger partial charge on any atom is 0.413 e. The number of hydrogen-bond donors (Lipinski definition) is 1. The number of carbonyl (C=O) groups excluding carboxylic acids is 1. The van der Waals surface area contributed by atoms with Crippen molar-refractivity contribution in [3.8, 4) is 5.75 Å². The molecule has 0 aliphatic rings. The van der Waals surface area contributed by atoms with E-state index in [0.29, 0.717) is 15.6 Å². The lowest BCUT2D eigenvalue weighted by atomic mass is 10.0. The Balaban J connectivity index is 2.10. The minimum Gasteiger partial charge on any atom is -0.406 e. The van der Waals surface area contributed by atoms with Crippen LogP contribution >= 0.6 is 23.2 Å². The van der Waals surface area contributed by atoms with Crippen LogP contribution in [0.5, 0.6) is 5.75 Å². The van der Waals surface area contributed by atoms with E-state index in [1.54, 1.807) is 25.1 Å². The zero-order valence-corrected chi connectivity index (χ0v) is 15.7. The Hall–Kier alpha value is -1.90. The van der Waals surface area contributed by atoms with E-state index in [2.05, 4.69) is 10.4 Å². The van der Waals surface area contributed by atoms with Crippen LogP contribution in [0.15, 0.2) is 24.4 Å². The molecule has 1 amide bonds. The molecule has 10 heteroatoms. The van der Waals surface area contributed by atoms with Gasteiger partial charge in [0.2, 0.25) is 0 Å². The topological polar surface area (TPSA) is 65.4 Å². The number of hydrogen-bond acceptors (Lipinski definition) is 4. The number of halogens is 4. The third-order valence-corrected chi connectivity index (χ3v) is 4.12.